The fourth-order valence-corrected chi connectivity index (χ4v) is 9.09. The molecule has 0 aromatic heterocycles. The quantitative estimate of drug-likeness (QED) is 0.144. The van der Waals surface area contributed by atoms with E-state index in [9.17, 15) is 14.4 Å². The van der Waals surface area contributed by atoms with Crippen LogP contribution in [0.1, 0.15) is 58.9 Å². The fourth-order valence-electron chi connectivity index (χ4n) is 9.09. The molecule has 2 aliphatic heterocycles. The maximum Gasteiger partial charge on any atom is 0.266 e. The SMILES string of the molecule is O=C1c2ccccc2CN1c1ccc(Oc2ccc(C3(c4ccc(Oc5ccc(N6C(=O)c7ccccc7C6=O)cc5)cc4)c4ccccc4-c4ccccc43)cc2)cc1. The number of amides is 3. The summed E-state index contributed by atoms with van der Waals surface area (Å²) in [6, 6.07) is 62.9. The highest BCUT2D eigenvalue weighted by molar-refractivity contribution is 6.34. The number of ether oxygens (including phenoxy) is 2. The number of carbonyl (C=O) groups is 3. The first kappa shape index (κ1) is 35.2. The summed E-state index contributed by atoms with van der Waals surface area (Å²) >= 11 is 0. The predicted molar refractivity (Wildman–Crippen MR) is 231 cm³/mol. The summed E-state index contributed by atoms with van der Waals surface area (Å²) in [5.74, 6) is 1.94. The average Bonchev–Trinajstić information content (AvgIpc) is 3.89. The number of anilines is 2. The summed E-state index contributed by atoms with van der Waals surface area (Å²) in [6.45, 7) is 0.553. The number of hydrogen-bond donors (Lipinski definition) is 0. The van der Waals surface area contributed by atoms with Crippen LogP contribution in [0.4, 0.5) is 11.4 Å². The molecule has 0 unspecified atom stereocenters. The van der Waals surface area contributed by atoms with E-state index in [2.05, 4.69) is 72.8 Å². The van der Waals surface area contributed by atoms with E-state index in [1.807, 2.05) is 72.8 Å². The second kappa shape index (κ2) is 13.8. The molecular weight excluding hydrogens is 745 g/mol. The van der Waals surface area contributed by atoms with Gasteiger partial charge < -0.3 is 14.4 Å². The Hall–Kier alpha value is -8.03. The molecule has 0 atom stereocenters. The molecule has 8 aromatic rings. The van der Waals surface area contributed by atoms with Gasteiger partial charge in [-0.15, -0.1) is 0 Å². The van der Waals surface area contributed by atoms with Crippen LogP contribution in [0.5, 0.6) is 23.0 Å². The Morgan fingerprint density at radius 3 is 1.22 bits per heavy atom. The summed E-state index contributed by atoms with van der Waals surface area (Å²) in [7, 11) is 0. The first-order valence-electron chi connectivity index (χ1n) is 19.8. The Morgan fingerprint density at radius 2 is 0.750 bits per heavy atom. The second-order valence-corrected chi connectivity index (χ2v) is 15.1. The van der Waals surface area contributed by atoms with Crippen LogP contribution in [-0.2, 0) is 12.0 Å². The molecule has 0 radical (unpaired) electrons. The van der Waals surface area contributed by atoms with Crippen LogP contribution in [0.15, 0.2) is 194 Å². The molecule has 8 aromatic carbocycles. The van der Waals surface area contributed by atoms with Crippen LogP contribution >= 0.6 is 0 Å². The first-order valence-corrected chi connectivity index (χ1v) is 19.8. The van der Waals surface area contributed by atoms with E-state index in [1.54, 1.807) is 53.4 Å². The molecular formula is C53H34N2O5. The Bertz CT molecular complexity index is 2930. The number of hydrogen-bond acceptors (Lipinski definition) is 5. The lowest BCUT2D eigenvalue weighted by Crippen LogP contribution is -2.29. The van der Waals surface area contributed by atoms with Crippen LogP contribution in [-0.4, -0.2) is 17.7 Å². The summed E-state index contributed by atoms with van der Waals surface area (Å²) < 4.78 is 12.7. The van der Waals surface area contributed by atoms with Gasteiger partial charge >= 0.3 is 0 Å². The molecule has 0 saturated carbocycles. The summed E-state index contributed by atoms with van der Waals surface area (Å²) in [6.07, 6.45) is 0. The van der Waals surface area contributed by atoms with Crippen molar-refractivity contribution in [3.05, 3.63) is 239 Å². The minimum atomic E-state index is -0.625. The molecule has 2 heterocycles. The third-order valence-corrected chi connectivity index (χ3v) is 11.9. The average molecular weight is 779 g/mol. The van der Waals surface area contributed by atoms with Crippen LogP contribution < -0.4 is 19.3 Å². The lowest BCUT2D eigenvalue weighted by Gasteiger charge is -2.34. The van der Waals surface area contributed by atoms with E-state index in [-0.39, 0.29) is 17.7 Å². The van der Waals surface area contributed by atoms with Gasteiger partial charge in [-0.05, 0) is 130 Å². The Balaban J connectivity index is 0.874. The lowest BCUT2D eigenvalue weighted by molar-refractivity contribution is 0.0924. The molecule has 7 heteroatoms. The smallest absolute Gasteiger partial charge is 0.266 e. The van der Waals surface area contributed by atoms with Crippen LogP contribution in [0.3, 0.4) is 0 Å². The molecule has 0 fully saturated rings. The van der Waals surface area contributed by atoms with Gasteiger partial charge in [-0.3, -0.25) is 14.4 Å². The highest BCUT2D eigenvalue weighted by Gasteiger charge is 2.46. The summed E-state index contributed by atoms with van der Waals surface area (Å²) in [5.41, 5.74) is 10.2. The number of carbonyl (C=O) groups excluding carboxylic acids is 3. The van der Waals surface area contributed by atoms with Gasteiger partial charge in [-0.2, -0.15) is 0 Å². The maximum atomic E-state index is 13.1. The zero-order chi connectivity index (χ0) is 40.4. The van der Waals surface area contributed by atoms with Gasteiger partial charge in [-0.25, -0.2) is 4.90 Å². The third-order valence-electron chi connectivity index (χ3n) is 11.9. The molecule has 7 nitrogen and oxygen atoms in total. The first-order chi connectivity index (χ1) is 29.5. The van der Waals surface area contributed by atoms with Crippen molar-refractivity contribution in [1.29, 1.82) is 0 Å². The predicted octanol–water partition coefficient (Wildman–Crippen LogP) is 11.6. The van der Waals surface area contributed by atoms with Crippen LogP contribution in [0.2, 0.25) is 0 Å². The standard InChI is InChI=1S/C53H34N2O5/c56-50-43-10-2-1-9-34(43)33-54(50)37-21-29-41(30-22-37)59-39-25-17-35(18-26-39)53(48-15-7-5-11-44(48)45-12-6-8-16-49(45)53)36-19-27-40(28-20-36)60-42-31-23-38(24-32-42)55-51(57)46-13-3-4-14-47(46)52(55)58/h1-32H,33H2. The van der Waals surface area contributed by atoms with E-state index in [0.29, 0.717) is 46.4 Å². The Labute approximate surface area is 346 Å². The van der Waals surface area contributed by atoms with E-state index in [1.165, 1.54) is 27.2 Å². The summed E-state index contributed by atoms with van der Waals surface area (Å²) in [4.78, 5) is 42.1. The van der Waals surface area contributed by atoms with Crippen molar-refractivity contribution < 1.29 is 23.9 Å². The monoisotopic (exact) mass is 778 g/mol. The van der Waals surface area contributed by atoms with Crippen LogP contribution in [0, 0.1) is 0 Å². The maximum absolute atomic E-state index is 13.1. The van der Waals surface area contributed by atoms with Gasteiger partial charge in [0.2, 0.25) is 0 Å². The lowest BCUT2D eigenvalue weighted by atomic mass is 9.68. The highest BCUT2D eigenvalue weighted by atomic mass is 16.5. The number of rotatable bonds is 8. The minimum absolute atomic E-state index is 0.00932. The number of imide groups is 1. The zero-order valence-electron chi connectivity index (χ0n) is 32.1. The van der Waals surface area contributed by atoms with Crippen molar-refractivity contribution >= 4 is 29.1 Å². The Morgan fingerprint density at radius 1 is 0.367 bits per heavy atom. The molecule has 60 heavy (non-hydrogen) atoms. The zero-order valence-corrected chi connectivity index (χ0v) is 32.1. The van der Waals surface area contributed by atoms with Crippen molar-refractivity contribution in [2.24, 2.45) is 0 Å². The van der Waals surface area contributed by atoms with Gasteiger partial charge in [0.25, 0.3) is 17.7 Å². The minimum Gasteiger partial charge on any atom is -0.457 e. The molecule has 286 valence electrons. The number of benzene rings is 8. The van der Waals surface area contributed by atoms with Crippen molar-refractivity contribution in [1.82, 2.24) is 0 Å². The van der Waals surface area contributed by atoms with E-state index in [0.717, 1.165) is 27.9 Å². The van der Waals surface area contributed by atoms with Crippen molar-refractivity contribution in [2.45, 2.75) is 12.0 Å². The number of fused-ring (bicyclic) bond motifs is 5. The topological polar surface area (TPSA) is 76.2 Å². The third kappa shape index (κ3) is 5.47. The fraction of sp³-hybridized carbons (Fsp3) is 0.0377. The number of nitrogens with zero attached hydrogens (tertiary/aromatic N) is 2. The molecule has 11 rings (SSSR count). The molecule has 3 amide bonds. The van der Waals surface area contributed by atoms with E-state index < -0.39 is 5.41 Å². The molecule has 0 bridgehead atoms. The van der Waals surface area contributed by atoms with Gasteiger partial charge in [0.05, 0.1) is 28.8 Å². The van der Waals surface area contributed by atoms with Gasteiger partial charge in [0.15, 0.2) is 0 Å². The van der Waals surface area contributed by atoms with Crippen molar-refractivity contribution in [2.75, 3.05) is 9.80 Å². The molecule has 0 spiro atoms. The van der Waals surface area contributed by atoms with E-state index >= 15 is 0 Å². The normalized spacial score (nSPS) is 14.4. The summed E-state index contributed by atoms with van der Waals surface area (Å²) in [5, 5.41) is 0. The van der Waals surface area contributed by atoms with Gasteiger partial charge in [-0.1, -0.05) is 103 Å². The Kier molecular flexibility index (Phi) is 8.10. The molecule has 1 aliphatic carbocycles. The van der Waals surface area contributed by atoms with Gasteiger partial charge in [0, 0.05) is 11.3 Å². The largest absolute Gasteiger partial charge is 0.457 e. The van der Waals surface area contributed by atoms with Crippen molar-refractivity contribution in [3.63, 3.8) is 0 Å². The van der Waals surface area contributed by atoms with Crippen molar-refractivity contribution in [3.8, 4) is 34.1 Å². The molecule has 3 aliphatic rings. The highest BCUT2D eigenvalue weighted by Crippen LogP contribution is 2.56. The molecule has 0 N–H and O–H groups in total. The second-order valence-electron chi connectivity index (χ2n) is 15.1. The van der Waals surface area contributed by atoms with Crippen LogP contribution in [0.25, 0.3) is 11.1 Å². The molecule has 0 saturated heterocycles. The van der Waals surface area contributed by atoms with Gasteiger partial charge in [0.1, 0.15) is 23.0 Å². The van der Waals surface area contributed by atoms with E-state index in [4.69, 9.17) is 9.47 Å².